The summed E-state index contributed by atoms with van der Waals surface area (Å²) in [6.07, 6.45) is 1.61. The van der Waals surface area contributed by atoms with E-state index in [-0.39, 0.29) is 11.7 Å². The lowest BCUT2D eigenvalue weighted by molar-refractivity contribution is -0.128. The van der Waals surface area contributed by atoms with Crippen molar-refractivity contribution in [3.05, 3.63) is 64.4 Å². The Balaban J connectivity index is 1.79. The SMILES string of the molecule is CC[C@@H](Oc1ccc(Cl)c(C)c1)C(=O)NCCCc1ccc(F)cc1. The first-order valence-electron chi connectivity index (χ1n) is 8.44. The first-order chi connectivity index (χ1) is 12.0. The third kappa shape index (κ3) is 6.05. The molecule has 0 bridgehead atoms. The summed E-state index contributed by atoms with van der Waals surface area (Å²) < 4.78 is 18.6. The van der Waals surface area contributed by atoms with Crippen molar-refractivity contribution in [2.75, 3.05) is 6.54 Å². The van der Waals surface area contributed by atoms with Gasteiger partial charge in [0.25, 0.3) is 5.91 Å². The normalized spacial score (nSPS) is 11.8. The number of amides is 1. The Morgan fingerprint density at radius 3 is 2.60 bits per heavy atom. The number of benzene rings is 2. The Morgan fingerprint density at radius 1 is 1.24 bits per heavy atom. The van der Waals surface area contributed by atoms with Crippen molar-refractivity contribution in [1.82, 2.24) is 5.32 Å². The number of hydrogen-bond acceptors (Lipinski definition) is 2. The van der Waals surface area contributed by atoms with Crippen LogP contribution < -0.4 is 10.1 Å². The standard InChI is InChI=1S/C20H23ClFNO2/c1-3-19(25-17-10-11-18(21)14(2)13-17)20(24)23-12-4-5-15-6-8-16(22)9-7-15/h6-11,13,19H,3-5,12H2,1-2H3,(H,23,24)/t19-/m1/s1. The molecule has 0 aliphatic rings. The third-order valence-corrected chi connectivity index (χ3v) is 4.35. The molecule has 2 rings (SSSR count). The molecule has 1 N–H and O–H groups in total. The van der Waals surface area contributed by atoms with Crippen molar-refractivity contribution >= 4 is 17.5 Å². The largest absolute Gasteiger partial charge is 0.481 e. The van der Waals surface area contributed by atoms with Crippen LogP contribution in [0.2, 0.25) is 5.02 Å². The van der Waals surface area contributed by atoms with Crippen LogP contribution in [0, 0.1) is 12.7 Å². The second kappa shape index (κ2) is 9.42. The number of rotatable bonds is 8. The highest BCUT2D eigenvalue weighted by Crippen LogP contribution is 2.22. The Labute approximate surface area is 153 Å². The first kappa shape index (κ1) is 19.3. The van der Waals surface area contributed by atoms with Gasteiger partial charge in [-0.25, -0.2) is 4.39 Å². The summed E-state index contributed by atoms with van der Waals surface area (Å²) in [6.45, 7) is 4.35. The monoisotopic (exact) mass is 363 g/mol. The second-order valence-electron chi connectivity index (χ2n) is 5.95. The fourth-order valence-electron chi connectivity index (χ4n) is 2.45. The second-order valence-corrected chi connectivity index (χ2v) is 6.35. The molecule has 5 heteroatoms. The highest BCUT2D eigenvalue weighted by Gasteiger charge is 2.18. The number of nitrogens with one attached hydrogen (secondary N) is 1. The number of halogens is 2. The molecule has 0 heterocycles. The molecule has 0 spiro atoms. The van der Waals surface area contributed by atoms with Crippen molar-refractivity contribution in [3.63, 3.8) is 0 Å². The predicted molar refractivity (Wildman–Crippen MR) is 98.6 cm³/mol. The topological polar surface area (TPSA) is 38.3 Å². The van der Waals surface area contributed by atoms with Crippen molar-refractivity contribution in [3.8, 4) is 5.75 Å². The van der Waals surface area contributed by atoms with Crippen LogP contribution in [0.3, 0.4) is 0 Å². The molecule has 1 amide bonds. The quantitative estimate of drug-likeness (QED) is 0.691. The minimum atomic E-state index is -0.536. The van der Waals surface area contributed by atoms with Crippen LogP contribution in [-0.4, -0.2) is 18.6 Å². The van der Waals surface area contributed by atoms with Gasteiger partial charge in [-0.05, 0) is 67.6 Å². The van der Waals surface area contributed by atoms with Crippen LogP contribution in [-0.2, 0) is 11.2 Å². The molecule has 1 atom stereocenters. The van der Waals surface area contributed by atoms with E-state index in [0.717, 1.165) is 24.0 Å². The molecule has 0 fully saturated rings. The molecule has 0 unspecified atom stereocenters. The highest BCUT2D eigenvalue weighted by atomic mass is 35.5. The molecule has 0 radical (unpaired) electrons. The molecule has 0 saturated carbocycles. The average Bonchev–Trinajstić information content (AvgIpc) is 2.61. The van der Waals surface area contributed by atoms with Crippen molar-refractivity contribution in [2.45, 2.75) is 39.2 Å². The molecule has 0 saturated heterocycles. The van der Waals surface area contributed by atoms with Crippen LogP contribution in [0.4, 0.5) is 4.39 Å². The molecule has 3 nitrogen and oxygen atoms in total. The van der Waals surface area contributed by atoms with E-state index in [1.807, 2.05) is 19.9 Å². The molecule has 0 aliphatic carbocycles. The maximum Gasteiger partial charge on any atom is 0.261 e. The summed E-state index contributed by atoms with van der Waals surface area (Å²) >= 11 is 6.00. The van der Waals surface area contributed by atoms with Gasteiger partial charge in [0, 0.05) is 11.6 Å². The molecule has 0 aromatic heterocycles. The number of aryl methyl sites for hydroxylation is 2. The Hall–Kier alpha value is -2.07. The van der Waals surface area contributed by atoms with Crippen LogP contribution >= 0.6 is 11.6 Å². The van der Waals surface area contributed by atoms with E-state index in [4.69, 9.17) is 16.3 Å². The summed E-state index contributed by atoms with van der Waals surface area (Å²) in [5.74, 6) is 0.266. The summed E-state index contributed by atoms with van der Waals surface area (Å²) in [6, 6.07) is 11.8. The minimum absolute atomic E-state index is 0.130. The van der Waals surface area contributed by atoms with E-state index < -0.39 is 6.10 Å². The van der Waals surface area contributed by atoms with Gasteiger partial charge in [0.2, 0.25) is 0 Å². The molecule has 0 aliphatic heterocycles. The van der Waals surface area contributed by atoms with Gasteiger partial charge in [0.15, 0.2) is 6.10 Å². The smallest absolute Gasteiger partial charge is 0.261 e. The lowest BCUT2D eigenvalue weighted by Gasteiger charge is -2.18. The van der Waals surface area contributed by atoms with E-state index in [1.165, 1.54) is 12.1 Å². The average molecular weight is 364 g/mol. The van der Waals surface area contributed by atoms with Gasteiger partial charge >= 0.3 is 0 Å². The van der Waals surface area contributed by atoms with Gasteiger partial charge in [0.05, 0.1) is 0 Å². The molecular formula is C20H23ClFNO2. The number of hydrogen-bond donors (Lipinski definition) is 1. The lowest BCUT2D eigenvalue weighted by atomic mass is 10.1. The summed E-state index contributed by atoms with van der Waals surface area (Å²) in [5.41, 5.74) is 1.96. The summed E-state index contributed by atoms with van der Waals surface area (Å²) in [7, 11) is 0. The van der Waals surface area contributed by atoms with Crippen molar-refractivity contribution < 1.29 is 13.9 Å². The zero-order valence-corrected chi connectivity index (χ0v) is 15.3. The maximum absolute atomic E-state index is 12.9. The number of ether oxygens (including phenoxy) is 1. The van der Waals surface area contributed by atoms with E-state index >= 15 is 0 Å². The van der Waals surface area contributed by atoms with Gasteiger partial charge in [-0.15, -0.1) is 0 Å². The lowest BCUT2D eigenvalue weighted by Crippen LogP contribution is -2.38. The van der Waals surface area contributed by atoms with Crippen LogP contribution in [0.5, 0.6) is 5.75 Å². The van der Waals surface area contributed by atoms with E-state index in [9.17, 15) is 9.18 Å². The molecule has 2 aromatic rings. The molecular weight excluding hydrogens is 341 g/mol. The zero-order chi connectivity index (χ0) is 18.2. The zero-order valence-electron chi connectivity index (χ0n) is 14.5. The first-order valence-corrected chi connectivity index (χ1v) is 8.82. The van der Waals surface area contributed by atoms with Crippen molar-refractivity contribution in [1.29, 1.82) is 0 Å². The van der Waals surface area contributed by atoms with Crippen LogP contribution in [0.25, 0.3) is 0 Å². The van der Waals surface area contributed by atoms with Gasteiger partial charge in [-0.2, -0.15) is 0 Å². The van der Waals surface area contributed by atoms with Crippen LogP contribution in [0.15, 0.2) is 42.5 Å². The van der Waals surface area contributed by atoms with E-state index in [2.05, 4.69) is 5.32 Å². The van der Waals surface area contributed by atoms with E-state index in [1.54, 1.807) is 24.3 Å². The number of carbonyl (C=O) groups excluding carboxylic acids is 1. The van der Waals surface area contributed by atoms with Gasteiger partial charge in [0.1, 0.15) is 11.6 Å². The fourth-order valence-corrected chi connectivity index (χ4v) is 2.56. The third-order valence-electron chi connectivity index (χ3n) is 3.93. The van der Waals surface area contributed by atoms with Crippen molar-refractivity contribution in [2.24, 2.45) is 0 Å². The summed E-state index contributed by atoms with van der Waals surface area (Å²) in [4.78, 5) is 12.3. The Morgan fingerprint density at radius 2 is 1.96 bits per heavy atom. The van der Waals surface area contributed by atoms with Gasteiger partial charge in [-0.1, -0.05) is 30.7 Å². The Bertz CT molecular complexity index is 703. The van der Waals surface area contributed by atoms with Crippen LogP contribution in [0.1, 0.15) is 30.9 Å². The minimum Gasteiger partial charge on any atom is -0.481 e. The number of carbonyl (C=O) groups is 1. The van der Waals surface area contributed by atoms with Gasteiger partial charge in [-0.3, -0.25) is 4.79 Å². The highest BCUT2D eigenvalue weighted by molar-refractivity contribution is 6.31. The van der Waals surface area contributed by atoms with E-state index in [0.29, 0.717) is 23.7 Å². The summed E-state index contributed by atoms with van der Waals surface area (Å²) in [5, 5.41) is 3.57. The predicted octanol–water partition coefficient (Wildman–Crippen LogP) is 4.69. The Kier molecular flexibility index (Phi) is 7.26. The molecule has 25 heavy (non-hydrogen) atoms. The molecule has 134 valence electrons. The maximum atomic E-state index is 12.9. The van der Waals surface area contributed by atoms with Gasteiger partial charge < -0.3 is 10.1 Å². The fraction of sp³-hybridized carbons (Fsp3) is 0.350. The molecule has 2 aromatic carbocycles.